The Balaban J connectivity index is 1.59. The van der Waals surface area contributed by atoms with E-state index in [1.54, 1.807) is 19.1 Å². The molecule has 0 radical (unpaired) electrons. The van der Waals surface area contributed by atoms with Crippen LogP contribution < -0.4 is 19.5 Å². The van der Waals surface area contributed by atoms with Gasteiger partial charge in [0.25, 0.3) is 0 Å². The van der Waals surface area contributed by atoms with E-state index in [2.05, 4.69) is 10.2 Å². The highest BCUT2D eigenvalue weighted by Crippen LogP contribution is 2.32. The molecule has 0 bridgehead atoms. The predicted octanol–water partition coefficient (Wildman–Crippen LogP) is 2.87. The monoisotopic (exact) mass is 385 g/mol. The molecule has 0 fully saturated rings. The number of urea groups is 1. The molecular formula is C21H27N3O4. The summed E-state index contributed by atoms with van der Waals surface area (Å²) in [6, 6.07) is 13.5. The van der Waals surface area contributed by atoms with Gasteiger partial charge in [-0.05, 0) is 49.5 Å². The molecule has 1 aliphatic rings. The second-order valence-corrected chi connectivity index (χ2v) is 6.99. The predicted molar refractivity (Wildman–Crippen MR) is 107 cm³/mol. The number of fused-ring (bicyclic) bond motifs is 1. The highest BCUT2D eigenvalue weighted by molar-refractivity contribution is 5.74. The minimum Gasteiger partial charge on any atom is -0.497 e. The highest BCUT2D eigenvalue weighted by Gasteiger charge is 2.18. The van der Waals surface area contributed by atoms with Gasteiger partial charge in [-0.2, -0.15) is 0 Å². The van der Waals surface area contributed by atoms with E-state index in [4.69, 9.17) is 14.2 Å². The number of hydrogen-bond acceptors (Lipinski definition) is 5. The molecule has 0 saturated carbocycles. The van der Waals surface area contributed by atoms with Crippen molar-refractivity contribution < 1.29 is 19.0 Å². The van der Waals surface area contributed by atoms with E-state index in [9.17, 15) is 4.79 Å². The molecule has 2 aromatic rings. The summed E-state index contributed by atoms with van der Waals surface area (Å²) >= 11 is 0. The average molecular weight is 385 g/mol. The first kappa shape index (κ1) is 19.8. The number of carbonyl (C=O) groups is 1. The molecule has 1 unspecified atom stereocenters. The zero-order chi connectivity index (χ0) is 20.1. The second-order valence-electron chi connectivity index (χ2n) is 6.99. The van der Waals surface area contributed by atoms with E-state index in [0.29, 0.717) is 13.1 Å². The van der Waals surface area contributed by atoms with Gasteiger partial charge in [0.2, 0.25) is 6.79 Å². The van der Waals surface area contributed by atoms with Gasteiger partial charge in [-0.15, -0.1) is 0 Å². The maximum Gasteiger partial charge on any atom is 0.317 e. The maximum absolute atomic E-state index is 12.6. The van der Waals surface area contributed by atoms with Crippen LogP contribution in [0.2, 0.25) is 0 Å². The highest BCUT2D eigenvalue weighted by atomic mass is 16.7. The number of nitrogens with zero attached hydrogens (tertiary/aromatic N) is 2. The quantitative estimate of drug-likeness (QED) is 0.794. The average Bonchev–Trinajstić information content (AvgIpc) is 3.15. The van der Waals surface area contributed by atoms with E-state index in [0.717, 1.165) is 28.4 Å². The molecule has 7 heteroatoms. The van der Waals surface area contributed by atoms with Gasteiger partial charge < -0.3 is 29.3 Å². The Hall–Kier alpha value is -2.93. The summed E-state index contributed by atoms with van der Waals surface area (Å²) in [5, 5.41) is 3.02. The van der Waals surface area contributed by atoms with Crippen LogP contribution in [0.1, 0.15) is 17.2 Å². The molecule has 0 aromatic heterocycles. The van der Waals surface area contributed by atoms with Crippen LogP contribution in [0.25, 0.3) is 0 Å². The van der Waals surface area contributed by atoms with Crippen LogP contribution in [0.3, 0.4) is 0 Å². The zero-order valence-corrected chi connectivity index (χ0v) is 16.8. The van der Waals surface area contributed by atoms with Crippen molar-refractivity contribution in [2.45, 2.75) is 12.6 Å². The van der Waals surface area contributed by atoms with Gasteiger partial charge in [-0.1, -0.05) is 18.2 Å². The Morgan fingerprint density at radius 3 is 2.68 bits per heavy atom. The molecule has 1 heterocycles. The van der Waals surface area contributed by atoms with Crippen molar-refractivity contribution in [3.05, 3.63) is 53.6 Å². The summed E-state index contributed by atoms with van der Waals surface area (Å²) in [5.41, 5.74) is 2.07. The van der Waals surface area contributed by atoms with Crippen LogP contribution in [0, 0.1) is 0 Å². The normalized spacial score (nSPS) is 13.3. The Bertz CT molecular complexity index is 825. The van der Waals surface area contributed by atoms with Crippen molar-refractivity contribution in [2.24, 2.45) is 0 Å². The molecule has 1 N–H and O–H groups in total. The van der Waals surface area contributed by atoms with Gasteiger partial charge in [0.15, 0.2) is 11.5 Å². The van der Waals surface area contributed by atoms with Crippen LogP contribution in [0.15, 0.2) is 42.5 Å². The third-order valence-corrected chi connectivity index (χ3v) is 4.75. The standard InChI is InChI=1S/C21H27N3O4/c1-23(2)18(16-6-5-7-17(11-16)26-4)12-22-21(25)24(3)13-15-8-9-19-20(10-15)28-14-27-19/h5-11,18H,12-14H2,1-4H3,(H,22,25). The molecule has 3 rings (SSSR count). The zero-order valence-electron chi connectivity index (χ0n) is 16.8. The van der Waals surface area contributed by atoms with Crippen molar-refractivity contribution in [3.8, 4) is 17.2 Å². The molecule has 0 spiro atoms. The smallest absolute Gasteiger partial charge is 0.317 e. The van der Waals surface area contributed by atoms with E-state index in [1.165, 1.54) is 0 Å². The van der Waals surface area contributed by atoms with Crippen molar-refractivity contribution >= 4 is 6.03 Å². The number of nitrogens with one attached hydrogen (secondary N) is 1. The van der Waals surface area contributed by atoms with E-state index in [-0.39, 0.29) is 18.9 Å². The van der Waals surface area contributed by atoms with Crippen molar-refractivity contribution in [3.63, 3.8) is 0 Å². The Kier molecular flexibility index (Phi) is 6.26. The Labute approximate surface area is 165 Å². The SMILES string of the molecule is COc1cccc(C(CNC(=O)N(C)Cc2ccc3c(c2)OCO3)N(C)C)c1. The van der Waals surface area contributed by atoms with Crippen LogP contribution >= 0.6 is 0 Å². The number of methoxy groups -OCH3 is 1. The van der Waals surface area contributed by atoms with Crippen molar-refractivity contribution in [2.75, 3.05) is 41.6 Å². The maximum atomic E-state index is 12.6. The van der Waals surface area contributed by atoms with Gasteiger partial charge >= 0.3 is 6.03 Å². The first-order valence-corrected chi connectivity index (χ1v) is 9.16. The first-order valence-electron chi connectivity index (χ1n) is 9.16. The fraction of sp³-hybridized carbons (Fsp3) is 0.381. The number of hydrogen-bond donors (Lipinski definition) is 1. The molecule has 1 atom stereocenters. The Morgan fingerprint density at radius 2 is 1.93 bits per heavy atom. The summed E-state index contributed by atoms with van der Waals surface area (Å²) < 4.78 is 16.0. The fourth-order valence-electron chi connectivity index (χ4n) is 3.15. The topological polar surface area (TPSA) is 63.3 Å². The third-order valence-electron chi connectivity index (χ3n) is 4.75. The second kappa shape index (κ2) is 8.84. The number of benzene rings is 2. The largest absolute Gasteiger partial charge is 0.497 e. The first-order chi connectivity index (χ1) is 13.5. The van der Waals surface area contributed by atoms with Gasteiger partial charge in [0.1, 0.15) is 5.75 Å². The molecule has 0 saturated heterocycles. The van der Waals surface area contributed by atoms with E-state index >= 15 is 0 Å². The van der Waals surface area contributed by atoms with Gasteiger partial charge in [-0.25, -0.2) is 4.79 Å². The number of likely N-dealkylation sites (N-methyl/N-ethyl adjacent to an activating group) is 1. The van der Waals surface area contributed by atoms with Crippen LogP contribution in [0.4, 0.5) is 4.79 Å². The van der Waals surface area contributed by atoms with Gasteiger partial charge in [-0.3, -0.25) is 0 Å². The van der Waals surface area contributed by atoms with Gasteiger partial charge in [0.05, 0.1) is 13.2 Å². The number of carbonyl (C=O) groups excluding carboxylic acids is 1. The van der Waals surface area contributed by atoms with Crippen LogP contribution in [0.5, 0.6) is 17.2 Å². The van der Waals surface area contributed by atoms with Crippen molar-refractivity contribution in [1.82, 2.24) is 15.1 Å². The summed E-state index contributed by atoms with van der Waals surface area (Å²) in [5.74, 6) is 2.26. The summed E-state index contributed by atoms with van der Waals surface area (Å²) in [4.78, 5) is 16.3. The lowest BCUT2D eigenvalue weighted by atomic mass is 10.1. The number of amides is 2. The third kappa shape index (κ3) is 4.67. The van der Waals surface area contributed by atoms with Crippen molar-refractivity contribution in [1.29, 1.82) is 0 Å². The lowest BCUT2D eigenvalue weighted by Crippen LogP contribution is -2.41. The molecule has 2 amide bonds. The number of ether oxygens (including phenoxy) is 3. The molecular weight excluding hydrogens is 358 g/mol. The summed E-state index contributed by atoms with van der Waals surface area (Å²) in [6.07, 6.45) is 0. The lowest BCUT2D eigenvalue weighted by Gasteiger charge is -2.27. The minimum atomic E-state index is -0.132. The summed E-state index contributed by atoms with van der Waals surface area (Å²) in [6.45, 7) is 1.21. The van der Waals surface area contributed by atoms with Gasteiger partial charge in [0, 0.05) is 20.1 Å². The molecule has 0 aliphatic carbocycles. The van der Waals surface area contributed by atoms with Crippen LogP contribution in [-0.2, 0) is 6.54 Å². The van der Waals surface area contributed by atoms with Crippen LogP contribution in [-0.4, -0.2) is 57.4 Å². The Morgan fingerprint density at radius 1 is 1.14 bits per heavy atom. The summed E-state index contributed by atoms with van der Waals surface area (Å²) in [7, 11) is 7.41. The molecule has 150 valence electrons. The minimum absolute atomic E-state index is 0.0398. The molecule has 7 nitrogen and oxygen atoms in total. The van der Waals surface area contributed by atoms with E-state index < -0.39 is 0 Å². The molecule has 2 aromatic carbocycles. The fourth-order valence-corrected chi connectivity index (χ4v) is 3.15. The van der Waals surface area contributed by atoms with E-state index in [1.807, 2.05) is 56.6 Å². The lowest BCUT2D eigenvalue weighted by molar-refractivity contribution is 0.174. The number of rotatable bonds is 7. The molecule has 1 aliphatic heterocycles. The molecule has 28 heavy (non-hydrogen) atoms.